The van der Waals surface area contributed by atoms with Crippen molar-refractivity contribution in [3.05, 3.63) is 188 Å². The first-order valence-electron chi connectivity index (χ1n) is 20.8. The van der Waals surface area contributed by atoms with E-state index >= 15 is 0 Å². The molecule has 62 heavy (non-hydrogen) atoms. The quantitative estimate of drug-likeness (QED) is 0.177. The lowest BCUT2D eigenvalue weighted by Gasteiger charge is -2.14. The molecule has 0 aliphatic rings. The Balaban J connectivity index is 1.12. The maximum Gasteiger partial charge on any atom is 0.238 e. The third-order valence-electron chi connectivity index (χ3n) is 12.5. The van der Waals surface area contributed by atoms with Crippen LogP contribution in [0.3, 0.4) is 0 Å². The molecule has 0 saturated heterocycles. The summed E-state index contributed by atoms with van der Waals surface area (Å²) >= 11 is 0. The molecular formula is C55H31N5O2. The lowest BCUT2D eigenvalue weighted by Crippen LogP contribution is -2.07. The highest BCUT2D eigenvalue weighted by molar-refractivity contribution is 6.16. The summed E-state index contributed by atoms with van der Waals surface area (Å²) in [4.78, 5) is 16.3. The number of nitrogens with zero attached hydrogens (tertiary/aromatic N) is 5. The van der Waals surface area contributed by atoms with Gasteiger partial charge in [-0.3, -0.25) is 4.57 Å². The number of hydrogen-bond acceptors (Lipinski definition) is 5. The number of para-hydroxylation sites is 5. The molecule has 5 heterocycles. The Morgan fingerprint density at radius 1 is 0.339 bits per heavy atom. The second kappa shape index (κ2) is 12.5. The van der Waals surface area contributed by atoms with Crippen molar-refractivity contribution in [2.24, 2.45) is 0 Å². The van der Waals surface area contributed by atoms with Gasteiger partial charge in [-0.05, 0) is 71.4 Å². The maximum atomic E-state index is 6.84. The van der Waals surface area contributed by atoms with Crippen LogP contribution in [-0.2, 0) is 0 Å². The Labute approximate surface area is 352 Å². The fourth-order valence-corrected chi connectivity index (χ4v) is 9.84. The molecule has 7 nitrogen and oxygen atoms in total. The molecule has 14 aromatic rings. The third kappa shape index (κ3) is 4.67. The molecule has 14 rings (SSSR count). The van der Waals surface area contributed by atoms with Crippen LogP contribution in [0, 0.1) is 0 Å². The average Bonchev–Trinajstić information content (AvgIpc) is 4.08. The molecule has 9 aromatic carbocycles. The van der Waals surface area contributed by atoms with Crippen LogP contribution in [0.25, 0.3) is 133 Å². The van der Waals surface area contributed by atoms with Crippen LogP contribution >= 0.6 is 0 Å². The molecule has 0 fully saturated rings. The zero-order chi connectivity index (χ0) is 40.5. The number of hydrogen-bond donors (Lipinski definition) is 0. The minimum atomic E-state index is 0.494. The molecule has 5 aromatic heterocycles. The second-order valence-electron chi connectivity index (χ2n) is 16.0. The van der Waals surface area contributed by atoms with Gasteiger partial charge in [0, 0.05) is 54.3 Å². The van der Waals surface area contributed by atoms with Gasteiger partial charge in [-0.2, -0.15) is 9.97 Å². The predicted molar refractivity (Wildman–Crippen MR) is 251 cm³/mol. The van der Waals surface area contributed by atoms with Gasteiger partial charge in [-0.1, -0.05) is 127 Å². The van der Waals surface area contributed by atoms with E-state index in [4.69, 9.17) is 23.8 Å². The highest BCUT2D eigenvalue weighted by Crippen LogP contribution is 2.42. The van der Waals surface area contributed by atoms with Crippen LogP contribution in [0.2, 0.25) is 0 Å². The Kier molecular flexibility index (Phi) is 6.71. The highest BCUT2D eigenvalue weighted by atomic mass is 16.3. The zero-order valence-electron chi connectivity index (χ0n) is 33.0. The average molecular weight is 794 g/mol. The van der Waals surface area contributed by atoms with E-state index < -0.39 is 0 Å². The number of aromatic nitrogens is 5. The number of benzene rings is 9. The van der Waals surface area contributed by atoms with Crippen molar-refractivity contribution in [1.29, 1.82) is 0 Å². The van der Waals surface area contributed by atoms with Gasteiger partial charge in [0.15, 0.2) is 11.6 Å². The van der Waals surface area contributed by atoms with Crippen LogP contribution in [-0.4, -0.2) is 24.1 Å². The Morgan fingerprint density at radius 2 is 0.887 bits per heavy atom. The monoisotopic (exact) mass is 793 g/mol. The van der Waals surface area contributed by atoms with E-state index in [1.165, 1.54) is 21.5 Å². The maximum absolute atomic E-state index is 6.84. The van der Waals surface area contributed by atoms with E-state index in [1.54, 1.807) is 0 Å². The molecule has 0 radical (unpaired) electrons. The third-order valence-corrected chi connectivity index (χ3v) is 12.5. The summed E-state index contributed by atoms with van der Waals surface area (Å²) in [5, 5.41) is 10.9. The van der Waals surface area contributed by atoms with E-state index in [9.17, 15) is 0 Å². The van der Waals surface area contributed by atoms with Crippen LogP contribution < -0.4 is 0 Å². The topological polar surface area (TPSA) is 74.8 Å². The minimum Gasteiger partial charge on any atom is -0.456 e. The summed E-state index contributed by atoms with van der Waals surface area (Å²) in [7, 11) is 0. The van der Waals surface area contributed by atoms with E-state index in [0.29, 0.717) is 23.2 Å². The van der Waals surface area contributed by atoms with Gasteiger partial charge in [0.25, 0.3) is 0 Å². The van der Waals surface area contributed by atoms with Crippen molar-refractivity contribution in [1.82, 2.24) is 24.1 Å². The van der Waals surface area contributed by atoms with Gasteiger partial charge in [-0.25, -0.2) is 4.98 Å². The molecule has 0 aliphatic carbocycles. The van der Waals surface area contributed by atoms with Gasteiger partial charge < -0.3 is 13.4 Å². The Bertz CT molecular complexity index is 4130. The molecule has 0 amide bonds. The zero-order valence-corrected chi connectivity index (χ0v) is 33.0. The fraction of sp³-hybridized carbons (Fsp3) is 0. The van der Waals surface area contributed by atoms with Crippen LogP contribution in [0.1, 0.15) is 0 Å². The first-order valence-corrected chi connectivity index (χ1v) is 20.8. The number of fused-ring (bicyclic) bond motifs is 13. The van der Waals surface area contributed by atoms with Crippen molar-refractivity contribution >= 4 is 98.3 Å². The van der Waals surface area contributed by atoms with E-state index in [-0.39, 0.29) is 0 Å². The summed E-state index contributed by atoms with van der Waals surface area (Å²) in [6, 6.07) is 65.6. The summed E-state index contributed by atoms with van der Waals surface area (Å²) in [5.41, 5.74) is 9.89. The Hall–Kier alpha value is -8.55. The minimum absolute atomic E-state index is 0.494. The summed E-state index contributed by atoms with van der Waals surface area (Å²) < 4.78 is 17.8. The van der Waals surface area contributed by atoms with Crippen molar-refractivity contribution in [2.45, 2.75) is 0 Å². The highest BCUT2D eigenvalue weighted by Gasteiger charge is 2.24. The van der Waals surface area contributed by atoms with E-state index in [1.807, 2.05) is 42.5 Å². The number of rotatable bonds is 4. The fourth-order valence-electron chi connectivity index (χ4n) is 9.84. The standard InChI is InChI=1S/C55H31N5O2/c1-2-15-33-29-47-41(28-32(33)14-1)37-18-5-8-22-44(37)59(47)34-30-42-38-19-6-11-25-48(38)62-52(42)43(31-34)54-56-53(40-21-13-27-50-51(40)39-20-7-12-26-49(39)61-50)57-55(58-54)60-45-23-9-3-16-35(45)36-17-4-10-24-46(36)60/h1-31H. The molecule has 0 aliphatic heterocycles. The van der Waals surface area contributed by atoms with Crippen molar-refractivity contribution in [2.75, 3.05) is 0 Å². The predicted octanol–water partition coefficient (Wildman–Crippen LogP) is 14.4. The van der Waals surface area contributed by atoms with E-state index in [0.717, 1.165) is 87.9 Å². The summed E-state index contributed by atoms with van der Waals surface area (Å²) in [6.45, 7) is 0. The normalized spacial score (nSPS) is 12.2. The van der Waals surface area contributed by atoms with Crippen LogP contribution in [0.15, 0.2) is 197 Å². The molecule has 0 spiro atoms. The van der Waals surface area contributed by atoms with Gasteiger partial charge in [0.1, 0.15) is 22.3 Å². The van der Waals surface area contributed by atoms with Crippen molar-refractivity contribution in [3.8, 4) is 34.4 Å². The van der Waals surface area contributed by atoms with Crippen molar-refractivity contribution < 1.29 is 8.83 Å². The first kappa shape index (κ1) is 33.3. The Morgan fingerprint density at radius 3 is 1.61 bits per heavy atom. The largest absolute Gasteiger partial charge is 0.456 e. The number of furan rings is 2. The van der Waals surface area contributed by atoms with Crippen molar-refractivity contribution in [3.63, 3.8) is 0 Å². The summed E-state index contributed by atoms with van der Waals surface area (Å²) in [5.74, 6) is 1.53. The van der Waals surface area contributed by atoms with E-state index in [2.05, 4.69) is 155 Å². The molecule has 7 heteroatoms. The smallest absolute Gasteiger partial charge is 0.238 e. The molecule has 0 saturated carbocycles. The SMILES string of the molecule is c1ccc2cc3c(cc2c1)c1ccccc1n3-c1cc(-c2nc(-c3cccc4oc5ccccc5c34)nc(-n3c4ccccc4c4ccccc43)n2)c2oc3ccccc3c2c1. The van der Waals surface area contributed by atoms with Crippen LogP contribution in [0.5, 0.6) is 0 Å². The van der Waals surface area contributed by atoms with Gasteiger partial charge in [-0.15, -0.1) is 0 Å². The molecule has 288 valence electrons. The lowest BCUT2D eigenvalue weighted by molar-refractivity contribution is 0.668. The molecule has 0 atom stereocenters. The van der Waals surface area contributed by atoms with Gasteiger partial charge in [0.2, 0.25) is 5.95 Å². The molecule has 0 bridgehead atoms. The molecular weight excluding hydrogens is 763 g/mol. The summed E-state index contributed by atoms with van der Waals surface area (Å²) in [6.07, 6.45) is 0. The van der Waals surface area contributed by atoms with Gasteiger partial charge >= 0.3 is 0 Å². The van der Waals surface area contributed by atoms with Crippen LogP contribution in [0.4, 0.5) is 0 Å². The lowest BCUT2D eigenvalue weighted by atomic mass is 10.0. The first-order chi connectivity index (χ1) is 30.7. The van der Waals surface area contributed by atoms with Gasteiger partial charge in [0.05, 0.1) is 27.6 Å². The second-order valence-corrected chi connectivity index (χ2v) is 16.0. The molecule has 0 N–H and O–H groups in total. The molecule has 0 unspecified atom stereocenters.